The Morgan fingerprint density at radius 1 is 1.11 bits per heavy atom. The molecule has 0 aliphatic rings. The van der Waals surface area contributed by atoms with Gasteiger partial charge in [-0.3, -0.25) is 4.68 Å². The molecule has 192 valence electrons. The summed E-state index contributed by atoms with van der Waals surface area (Å²) < 4.78 is 26.8. The van der Waals surface area contributed by atoms with Crippen LogP contribution in [-0.4, -0.2) is 33.6 Å². The van der Waals surface area contributed by atoms with Gasteiger partial charge in [-0.05, 0) is 90.7 Å². The van der Waals surface area contributed by atoms with Crippen molar-refractivity contribution in [2.24, 2.45) is 0 Å². The third-order valence-corrected chi connectivity index (χ3v) is 5.72. The van der Waals surface area contributed by atoms with Crippen LogP contribution in [0.5, 0.6) is 11.5 Å². The normalized spacial score (nSPS) is 11.8. The number of aliphatic carboxylic acids is 1. The van der Waals surface area contributed by atoms with Gasteiger partial charge in [0, 0.05) is 18.0 Å². The quantitative estimate of drug-likeness (QED) is 0.291. The van der Waals surface area contributed by atoms with Crippen molar-refractivity contribution < 1.29 is 23.8 Å². The second-order valence-electron chi connectivity index (χ2n) is 8.54. The Hall–Kier alpha value is -4.83. The SMILES string of the molecule is Cc1cc(OCC=C(c2ccc(F)cc2)c2ccc(C#CCn3cccn3)cc2)ccc1OC(C)C(=O)O. The topological polar surface area (TPSA) is 73.6 Å². The summed E-state index contributed by atoms with van der Waals surface area (Å²) in [5.41, 5.74) is 4.34. The first-order valence-electron chi connectivity index (χ1n) is 12.0. The lowest BCUT2D eigenvalue weighted by Crippen LogP contribution is -2.23. The summed E-state index contributed by atoms with van der Waals surface area (Å²) in [5.74, 6) is 6.02. The average Bonchev–Trinajstić information content (AvgIpc) is 3.43. The number of rotatable bonds is 9. The van der Waals surface area contributed by atoms with Crippen molar-refractivity contribution in [2.45, 2.75) is 26.5 Å². The molecule has 0 spiro atoms. The molecule has 0 saturated heterocycles. The average molecular weight is 511 g/mol. The zero-order valence-electron chi connectivity index (χ0n) is 21.1. The van der Waals surface area contributed by atoms with Crippen LogP contribution < -0.4 is 9.47 Å². The molecule has 4 aromatic rings. The van der Waals surface area contributed by atoms with Crippen molar-refractivity contribution in [1.82, 2.24) is 9.78 Å². The van der Waals surface area contributed by atoms with Crippen LogP contribution in [0.3, 0.4) is 0 Å². The van der Waals surface area contributed by atoms with E-state index in [-0.39, 0.29) is 12.4 Å². The van der Waals surface area contributed by atoms with Gasteiger partial charge in [-0.1, -0.05) is 36.1 Å². The fourth-order valence-electron chi connectivity index (χ4n) is 3.69. The van der Waals surface area contributed by atoms with Crippen LogP contribution >= 0.6 is 0 Å². The molecule has 1 unspecified atom stereocenters. The molecule has 0 aliphatic heterocycles. The minimum Gasteiger partial charge on any atom is -0.489 e. The second kappa shape index (κ2) is 12.4. The number of hydrogen-bond donors (Lipinski definition) is 1. The van der Waals surface area contributed by atoms with Crippen LogP contribution in [0.2, 0.25) is 0 Å². The molecule has 6 nitrogen and oxygen atoms in total. The number of carboxylic acid groups (broad SMARTS) is 1. The van der Waals surface area contributed by atoms with E-state index in [0.717, 1.165) is 27.8 Å². The van der Waals surface area contributed by atoms with E-state index in [1.54, 1.807) is 41.2 Å². The van der Waals surface area contributed by atoms with Crippen molar-refractivity contribution in [3.63, 3.8) is 0 Å². The molecule has 4 rings (SSSR count). The number of carbonyl (C=O) groups is 1. The molecular formula is C31H27FN2O4. The molecule has 1 atom stereocenters. The monoisotopic (exact) mass is 510 g/mol. The Labute approximate surface area is 221 Å². The van der Waals surface area contributed by atoms with Gasteiger partial charge in [0.05, 0.1) is 0 Å². The van der Waals surface area contributed by atoms with Gasteiger partial charge >= 0.3 is 5.97 Å². The minimum atomic E-state index is -1.03. The molecule has 7 heteroatoms. The number of benzene rings is 3. The van der Waals surface area contributed by atoms with E-state index in [0.29, 0.717) is 18.0 Å². The lowest BCUT2D eigenvalue weighted by molar-refractivity contribution is -0.144. The van der Waals surface area contributed by atoms with Crippen LogP contribution in [0.15, 0.2) is 91.3 Å². The van der Waals surface area contributed by atoms with Crippen LogP contribution in [0.4, 0.5) is 4.39 Å². The van der Waals surface area contributed by atoms with Crippen LogP contribution in [-0.2, 0) is 11.3 Å². The van der Waals surface area contributed by atoms with Gasteiger partial charge in [0.15, 0.2) is 6.10 Å². The molecule has 0 amide bonds. The summed E-state index contributed by atoms with van der Waals surface area (Å²) in [5, 5.41) is 13.2. The first-order valence-corrected chi connectivity index (χ1v) is 12.0. The summed E-state index contributed by atoms with van der Waals surface area (Å²) in [6, 6.07) is 21.3. The van der Waals surface area contributed by atoms with Crippen molar-refractivity contribution in [1.29, 1.82) is 0 Å². The summed E-state index contributed by atoms with van der Waals surface area (Å²) in [7, 11) is 0. The molecule has 0 saturated carbocycles. The first kappa shape index (κ1) is 26.2. The maximum atomic E-state index is 13.6. The predicted octanol–water partition coefficient (Wildman–Crippen LogP) is 5.74. The molecule has 3 aromatic carbocycles. The number of ether oxygens (including phenoxy) is 2. The van der Waals surface area contributed by atoms with Gasteiger partial charge in [0.1, 0.15) is 30.5 Å². The second-order valence-corrected chi connectivity index (χ2v) is 8.54. The van der Waals surface area contributed by atoms with Gasteiger partial charge in [0.25, 0.3) is 0 Å². The summed E-state index contributed by atoms with van der Waals surface area (Å²) >= 11 is 0. The maximum absolute atomic E-state index is 13.6. The van der Waals surface area contributed by atoms with Crippen molar-refractivity contribution in [3.05, 3.63) is 119 Å². The van der Waals surface area contributed by atoms with Crippen LogP contribution in [0, 0.1) is 24.6 Å². The highest BCUT2D eigenvalue weighted by atomic mass is 19.1. The lowest BCUT2D eigenvalue weighted by Gasteiger charge is -2.14. The number of aromatic nitrogens is 2. The number of nitrogens with zero attached hydrogens (tertiary/aromatic N) is 2. The Bertz CT molecular complexity index is 1470. The van der Waals surface area contributed by atoms with Crippen molar-refractivity contribution in [2.75, 3.05) is 6.61 Å². The van der Waals surface area contributed by atoms with E-state index in [2.05, 4.69) is 16.9 Å². The van der Waals surface area contributed by atoms with E-state index < -0.39 is 12.1 Å². The lowest BCUT2D eigenvalue weighted by atomic mass is 9.96. The third kappa shape index (κ3) is 7.11. The Kier molecular flexibility index (Phi) is 8.57. The number of aryl methyl sites for hydroxylation is 1. The third-order valence-electron chi connectivity index (χ3n) is 5.72. The first-order chi connectivity index (χ1) is 18.4. The number of halogens is 1. The standard InChI is InChI=1S/C31H27FN2O4/c1-22-21-28(14-15-30(22)38-23(2)31(35)36)37-20-16-29(26-10-12-27(32)13-11-26)25-8-6-24(7-9-25)5-3-18-34-19-4-17-33-34/h4,6-17,19,21,23H,18,20H2,1-2H3,(H,35,36). The molecule has 0 radical (unpaired) electrons. The van der Waals surface area contributed by atoms with Crippen LogP contribution in [0.1, 0.15) is 29.2 Å². The summed E-state index contributed by atoms with van der Waals surface area (Å²) in [6.45, 7) is 4.09. The summed E-state index contributed by atoms with van der Waals surface area (Å²) in [4.78, 5) is 11.1. The number of hydrogen-bond acceptors (Lipinski definition) is 4. The highest BCUT2D eigenvalue weighted by molar-refractivity contribution is 5.80. The van der Waals surface area contributed by atoms with Crippen LogP contribution in [0.25, 0.3) is 5.57 Å². The molecule has 38 heavy (non-hydrogen) atoms. The van der Waals surface area contributed by atoms with Gasteiger partial charge < -0.3 is 14.6 Å². The van der Waals surface area contributed by atoms with Gasteiger partial charge in [-0.2, -0.15) is 5.10 Å². The molecule has 1 heterocycles. The zero-order valence-corrected chi connectivity index (χ0v) is 21.1. The molecule has 0 bridgehead atoms. The predicted molar refractivity (Wildman–Crippen MR) is 143 cm³/mol. The van der Waals surface area contributed by atoms with Gasteiger partial charge in [-0.15, -0.1) is 0 Å². The van der Waals surface area contributed by atoms with Gasteiger partial charge in [0.2, 0.25) is 0 Å². The van der Waals surface area contributed by atoms with E-state index in [1.165, 1.54) is 19.1 Å². The van der Waals surface area contributed by atoms with E-state index in [9.17, 15) is 9.18 Å². The van der Waals surface area contributed by atoms with Gasteiger partial charge in [-0.25, -0.2) is 9.18 Å². The smallest absolute Gasteiger partial charge is 0.344 e. The van der Waals surface area contributed by atoms with E-state index in [1.807, 2.05) is 49.5 Å². The Balaban J connectivity index is 1.49. The Morgan fingerprint density at radius 3 is 2.45 bits per heavy atom. The largest absolute Gasteiger partial charge is 0.489 e. The Morgan fingerprint density at radius 2 is 1.82 bits per heavy atom. The zero-order chi connectivity index (χ0) is 26.9. The highest BCUT2D eigenvalue weighted by Gasteiger charge is 2.14. The fraction of sp³-hybridized carbons (Fsp3) is 0.161. The molecule has 0 fully saturated rings. The summed E-state index contributed by atoms with van der Waals surface area (Å²) in [6.07, 6.45) is 4.58. The van der Waals surface area contributed by atoms with E-state index in [4.69, 9.17) is 14.6 Å². The van der Waals surface area contributed by atoms with Crippen molar-refractivity contribution >= 4 is 11.5 Å². The fourth-order valence-corrected chi connectivity index (χ4v) is 3.69. The molecule has 1 N–H and O–H groups in total. The molecule has 0 aliphatic carbocycles. The molecule has 1 aromatic heterocycles. The highest BCUT2D eigenvalue weighted by Crippen LogP contribution is 2.26. The molecular weight excluding hydrogens is 483 g/mol. The maximum Gasteiger partial charge on any atom is 0.344 e. The number of carboxylic acids is 1. The van der Waals surface area contributed by atoms with Crippen molar-refractivity contribution in [3.8, 4) is 23.3 Å². The van der Waals surface area contributed by atoms with E-state index >= 15 is 0 Å². The minimum absolute atomic E-state index is 0.267.